The Morgan fingerprint density at radius 2 is 1.84 bits per heavy atom. The molecule has 3 N–H and O–H groups in total. The summed E-state index contributed by atoms with van der Waals surface area (Å²) in [5.41, 5.74) is 7.11. The summed E-state index contributed by atoms with van der Waals surface area (Å²) >= 11 is 0. The maximum Gasteiger partial charge on any atom is 0.220 e. The summed E-state index contributed by atoms with van der Waals surface area (Å²) in [5.74, 6) is 0.965. The van der Waals surface area contributed by atoms with Gasteiger partial charge in [0.2, 0.25) is 5.91 Å². The summed E-state index contributed by atoms with van der Waals surface area (Å²) in [6.45, 7) is 1.28. The molecular weight excluding hydrogens is 340 g/mol. The van der Waals surface area contributed by atoms with E-state index >= 15 is 0 Å². The van der Waals surface area contributed by atoms with Crippen LogP contribution in [-0.2, 0) is 16.0 Å². The second-order valence-electron chi connectivity index (χ2n) is 6.52. The SMILES string of the molecule is COCCc1ccc(OCCCC(=O)NC2CCC(N)CC2)cc1.Cl. The van der Waals surface area contributed by atoms with Gasteiger partial charge in [0.1, 0.15) is 5.75 Å². The molecule has 0 atom stereocenters. The van der Waals surface area contributed by atoms with Crippen molar-refractivity contribution >= 4 is 18.3 Å². The second-order valence-corrected chi connectivity index (χ2v) is 6.52. The van der Waals surface area contributed by atoms with Crippen LogP contribution in [0.2, 0.25) is 0 Å². The number of hydrogen-bond acceptors (Lipinski definition) is 4. The summed E-state index contributed by atoms with van der Waals surface area (Å²) < 4.78 is 10.8. The number of amides is 1. The Hall–Kier alpha value is -1.30. The van der Waals surface area contributed by atoms with Crippen LogP contribution in [0.3, 0.4) is 0 Å². The molecule has 1 aliphatic carbocycles. The minimum atomic E-state index is 0. The molecule has 0 heterocycles. The molecule has 0 aromatic heterocycles. The molecule has 25 heavy (non-hydrogen) atoms. The lowest BCUT2D eigenvalue weighted by Crippen LogP contribution is -2.40. The highest BCUT2D eigenvalue weighted by Gasteiger charge is 2.19. The molecule has 1 fully saturated rings. The van der Waals surface area contributed by atoms with Gasteiger partial charge >= 0.3 is 0 Å². The Bertz CT molecular complexity index is 488. The predicted molar refractivity (Wildman–Crippen MR) is 102 cm³/mol. The molecule has 0 unspecified atom stereocenters. The van der Waals surface area contributed by atoms with Crippen LogP contribution in [0.5, 0.6) is 5.75 Å². The first-order valence-corrected chi connectivity index (χ1v) is 8.93. The number of benzene rings is 1. The summed E-state index contributed by atoms with van der Waals surface area (Å²) in [6.07, 6.45) is 6.15. The van der Waals surface area contributed by atoms with Gasteiger partial charge in [-0.05, 0) is 56.2 Å². The first kappa shape index (κ1) is 21.7. The number of halogens is 1. The van der Waals surface area contributed by atoms with Crippen LogP contribution in [0.15, 0.2) is 24.3 Å². The molecule has 5 nitrogen and oxygen atoms in total. The topological polar surface area (TPSA) is 73.6 Å². The molecule has 0 radical (unpaired) electrons. The van der Waals surface area contributed by atoms with Crippen LogP contribution in [0.25, 0.3) is 0 Å². The van der Waals surface area contributed by atoms with E-state index in [1.807, 2.05) is 12.1 Å². The van der Waals surface area contributed by atoms with E-state index in [-0.39, 0.29) is 18.3 Å². The van der Waals surface area contributed by atoms with Gasteiger partial charge in [-0.15, -0.1) is 12.4 Å². The lowest BCUT2D eigenvalue weighted by atomic mass is 9.92. The first-order chi connectivity index (χ1) is 11.7. The van der Waals surface area contributed by atoms with Crippen molar-refractivity contribution in [2.24, 2.45) is 5.73 Å². The van der Waals surface area contributed by atoms with Crippen molar-refractivity contribution in [2.75, 3.05) is 20.3 Å². The number of hydrogen-bond donors (Lipinski definition) is 2. The Labute approximate surface area is 157 Å². The van der Waals surface area contributed by atoms with Gasteiger partial charge in [-0.1, -0.05) is 12.1 Å². The van der Waals surface area contributed by atoms with Crippen molar-refractivity contribution in [2.45, 2.75) is 57.0 Å². The predicted octanol–water partition coefficient (Wildman–Crippen LogP) is 2.84. The Kier molecular flexibility index (Phi) is 10.5. The molecule has 1 saturated carbocycles. The zero-order valence-corrected chi connectivity index (χ0v) is 15.9. The molecule has 1 aliphatic rings. The van der Waals surface area contributed by atoms with Crippen molar-refractivity contribution in [1.29, 1.82) is 0 Å². The highest BCUT2D eigenvalue weighted by Crippen LogP contribution is 2.17. The lowest BCUT2D eigenvalue weighted by Gasteiger charge is -2.26. The van der Waals surface area contributed by atoms with Gasteiger partial charge < -0.3 is 20.5 Å². The van der Waals surface area contributed by atoms with E-state index in [2.05, 4.69) is 17.4 Å². The number of methoxy groups -OCH3 is 1. The fourth-order valence-electron chi connectivity index (χ4n) is 2.96. The standard InChI is InChI=1S/C19H30N2O3.ClH/c1-23-14-12-15-4-10-18(11-5-15)24-13-2-3-19(22)21-17-8-6-16(20)7-9-17;/h4-5,10-11,16-17H,2-3,6-9,12-14,20H2,1H3,(H,21,22);1H. The van der Waals surface area contributed by atoms with Crippen LogP contribution in [0.1, 0.15) is 44.1 Å². The van der Waals surface area contributed by atoms with Crippen LogP contribution < -0.4 is 15.8 Å². The molecular formula is C19H31ClN2O3. The van der Waals surface area contributed by atoms with Crippen LogP contribution in [0.4, 0.5) is 0 Å². The number of carbonyl (C=O) groups excluding carboxylic acids is 1. The van der Waals surface area contributed by atoms with Gasteiger partial charge in [-0.25, -0.2) is 0 Å². The van der Waals surface area contributed by atoms with Crippen molar-refractivity contribution in [3.63, 3.8) is 0 Å². The average molecular weight is 371 g/mol. The van der Waals surface area contributed by atoms with E-state index < -0.39 is 0 Å². The monoisotopic (exact) mass is 370 g/mol. The fraction of sp³-hybridized carbons (Fsp3) is 0.632. The Morgan fingerprint density at radius 3 is 2.48 bits per heavy atom. The van der Waals surface area contributed by atoms with Crippen LogP contribution >= 0.6 is 12.4 Å². The zero-order chi connectivity index (χ0) is 17.2. The highest BCUT2D eigenvalue weighted by molar-refractivity contribution is 5.85. The molecule has 142 valence electrons. The number of carbonyl (C=O) groups is 1. The molecule has 0 aliphatic heterocycles. The van der Waals surface area contributed by atoms with Crippen molar-refractivity contribution in [3.8, 4) is 5.75 Å². The van der Waals surface area contributed by atoms with E-state index in [1.165, 1.54) is 5.56 Å². The molecule has 0 spiro atoms. The Balaban J connectivity index is 0.00000312. The summed E-state index contributed by atoms with van der Waals surface area (Å²) in [7, 11) is 1.71. The third-order valence-corrected chi connectivity index (χ3v) is 4.47. The molecule has 6 heteroatoms. The number of nitrogens with one attached hydrogen (secondary N) is 1. The lowest BCUT2D eigenvalue weighted by molar-refractivity contribution is -0.122. The van der Waals surface area contributed by atoms with Gasteiger partial charge in [0, 0.05) is 25.6 Å². The minimum Gasteiger partial charge on any atom is -0.494 e. The van der Waals surface area contributed by atoms with E-state index in [0.29, 0.717) is 25.1 Å². The van der Waals surface area contributed by atoms with E-state index in [1.54, 1.807) is 7.11 Å². The van der Waals surface area contributed by atoms with Crippen molar-refractivity contribution in [1.82, 2.24) is 5.32 Å². The van der Waals surface area contributed by atoms with Gasteiger partial charge in [0.15, 0.2) is 0 Å². The van der Waals surface area contributed by atoms with E-state index in [9.17, 15) is 4.79 Å². The molecule has 1 amide bonds. The van der Waals surface area contributed by atoms with E-state index in [4.69, 9.17) is 15.2 Å². The summed E-state index contributed by atoms with van der Waals surface area (Å²) in [4.78, 5) is 11.9. The summed E-state index contributed by atoms with van der Waals surface area (Å²) in [6, 6.07) is 8.65. The number of rotatable bonds is 9. The smallest absolute Gasteiger partial charge is 0.220 e. The van der Waals surface area contributed by atoms with Gasteiger partial charge in [0.05, 0.1) is 13.2 Å². The normalized spacial score (nSPS) is 19.8. The summed E-state index contributed by atoms with van der Waals surface area (Å²) in [5, 5.41) is 3.10. The minimum absolute atomic E-state index is 0. The quantitative estimate of drug-likeness (QED) is 0.655. The number of nitrogens with two attached hydrogens (primary N) is 1. The molecule has 1 aromatic carbocycles. The zero-order valence-electron chi connectivity index (χ0n) is 15.0. The van der Waals surface area contributed by atoms with Crippen LogP contribution in [-0.4, -0.2) is 38.3 Å². The van der Waals surface area contributed by atoms with Crippen LogP contribution in [0, 0.1) is 0 Å². The highest BCUT2D eigenvalue weighted by atomic mass is 35.5. The van der Waals surface area contributed by atoms with Gasteiger partial charge in [0.25, 0.3) is 0 Å². The molecule has 0 bridgehead atoms. The maximum atomic E-state index is 11.9. The number of ether oxygens (including phenoxy) is 2. The van der Waals surface area contributed by atoms with E-state index in [0.717, 1.165) is 50.9 Å². The molecule has 1 aromatic rings. The average Bonchev–Trinajstić information content (AvgIpc) is 2.60. The first-order valence-electron chi connectivity index (χ1n) is 8.93. The maximum absolute atomic E-state index is 11.9. The third kappa shape index (κ3) is 8.56. The van der Waals surface area contributed by atoms with Crippen molar-refractivity contribution in [3.05, 3.63) is 29.8 Å². The largest absolute Gasteiger partial charge is 0.494 e. The third-order valence-electron chi connectivity index (χ3n) is 4.47. The van der Waals surface area contributed by atoms with Crippen molar-refractivity contribution < 1.29 is 14.3 Å². The van der Waals surface area contributed by atoms with Gasteiger partial charge in [-0.2, -0.15) is 0 Å². The fourth-order valence-corrected chi connectivity index (χ4v) is 2.96. The Morgan fingerprint density at radius 1 is 1.16 bits per heavy atom. The van der Waals surface area contributed by atoms with Gasteiger partial charge in [-0.3, -0.25) is 4.79 Å². The molecule has 0 saturated heterocycles. The second kappa shape index (κ2) is 12.1. The molecule has 2 rings (SSSR count).